The number of hydrogen-bond donors (Lipinski definition) is 1. The summed E-state index contributed by atoms with van der Waals surface area (Å²) in [6.07, 6.45) is 8.41. The van der Waals surface area contributed by atoms with Gasteiger partial charge in [0, 0.05) is 31.8 Å². The highest BCUT2D eigenvalue weighted by molar-refractivity contribution is 5.14. The number of aryl methyl sites for hydroxylation is 1. The zero-order chi connectivity index (χ0) is 12.1. The average Bonchev–Trinajstić information content (AvgIpc) is 2.76. The third-order valence-electron chi connectivity index (χ3n) is 2.81. The molecule has 0 saturated heterocycles. The van der Waals surface area contributed by atoms with E-state index in [4.69, 9.17) is 0 Å². The minimum atomic E-state index is 0.252. The molecule has 0 radical (unpaired) electrons. The summed E-state index contributed by atoms with van der Waals surface area (Å²) in [6, 6.07) is 4.35. The molecule has 4 nitrogen and oxygen atoms in total. The molecule has 1 N–H and O–H groups in total. The Morgan fingerprint density at radius 3 is 2.65 bits per heavy atom. The molecule has 4 heteroatoms. The minimum Gasteiger partial charge on any atom is -0.337 e. The number of nitrogens with one attached hydrogen (secondary N) is 1. The van der Waals surface area contributed by atoms with Crippen LogP contribution >= 0.6 is 0 Å². The average molecular weight is 230 g/mol. The van der Waals surface area contributed by atoms with Gasteiger partial charge in [0.05, 0.1) is 6.04 Å². The molecule has 0 aliphatic carbocycles. The van der Waals surface area contributed by atoms with Gasteiger partial charge in [-0.05, 0) is 30.7 Å². The molecule has 0 amide bonds. The van der Waals surface area contributed by atoms with Gasteiger partial charge in [0.25, 0.3) is 0 Å². The lowest BCUT2D eigenvalue weighted by atomic mass is 10.1. The topological polar surface area (TPSA) is 42.7 Å². The number of rotatable bonds is 5. The van der Waals surface area contributed by atoms with E-state index in [0.717, 1.165) is 18.8 Å². The van der Waals surface area contributed by atoms with E-state index in [1.807, 2.05) is 44.0 Å². The molecule has 0 saturated carbocycles. The number of likely N-dealkylation sites (N-methyl/N-ethyl adjacent to an activating group) is 1. The fourth-order valence-corrected chi connectivity index (χ4v) is 1.97. The maximum absolute atomic E-state index is 4.42. The standard InChI is InChI=1S/C13H18N4/c1-3-15-12(13-16-8-9-17(13)2)10-11-4-6-14-7-5-11/h4-9,12,15H,3,10H2,1-2H3. The Morgan fingerprint density at radius 1 is 1.29 bits per heavy atom. The van der Waals surface area contributed by atoms with Crippen molar-refractivity contribution in [3.8, 4) is 0 Å². The lowest BCUT2D eigenvalue weighted by Crippen LogP contribution is -2.25. The Labute approximate surface area is 102 Å². The molecule has 0 fully saturated rings. The van der Waals surface area contributed by atoms with Crippen molar-refractivity contribution in [1.82, 2.24) is 19.9 Å². The van der Waals surface area contributed by atoms with Crippen LogP contribution in [0.5, 0.6) is 0 Å². The Morgan fingerprint density at radius 2 is 2.06 bits per heavy atom. The van der Waals surface area contributed by atoms with Gasteiger partial charge in [-0.3, -0.25) is 4.98 Å². The summed E-state index contributed by atoms with van der Waals surface area (Å²) < 4.78 is 2.06. The van der Waals surface area contributed by atoms with Gasteiger partial charge in [0.1, 0.15) is 5.82 Å². The summed E-state index contributed by atoms with van der Waals surface area (Å²) in [5.74, 6) is 1.07. The maximum Gasteiger partial charge on any atom is 0.125 e. The van der Waals surface area contributed by atoms with E-state index in [1.165, 1.54) is 5.56 Å². The first-order valence-electron chi connectivity index (χ1n) is 5.90. The van der Waals surface area contributed by atoms with Gasteiger partial charge in [-0.1, -0.05) is 6.92 Å². The van der Waals surface area contributed by atoms with Crippen molar-refractivity contribution in [2.45, 2.75) is 19.4 Å². The molecular formula is C13H18N4. The molecule has 2 heterocycles. The quantitative estimate of drug-likeness (QED) is 0.850. The van der Waals surface area contributed by atoms with Gasteiger partial charge in [-0.2, -0.15) is 0 Å². The second-order valence-electron chi connectivity index (χ2n) is 4.07. The van der Waals surface area contributed by atoms with Crippen LogP contribution in [0.3, 0.4) is 0 Å². The third kappa shape index (κ3) is 2.91. The highest BCUT2D eigenvalue weighted by Crippen LogP contribution is 2.15. The zero-order valence-electron chi connectivity index (χ0n) is 10.3. The SMILES string of the molecule is CCNC(Cc1ccncc1)c1nccn1C. The lowest BCUT2D eigenvalue weighted by Gasteiger charge is -2.17. The van der Waals surface area contributed by atoms with E-state index in [9.17, 15) is 0 Å². The van der Waals surface area contributed by atoms with Crippen LogP contribution in [-0.4, -0.2) is 21.1 Å². The third-order valence-corrected chi connectivity index (χ3v) is 2.81. The molecule has 0 aliphatic heterocycles. The first-order valence-corrected chi connectivity index (χ1v) is 5.90. The van der Waals surface area contributed by atoms with E-state index < -0.39 is 0 Å². The highest BCUT2D eigenvalue weighted by Gasteiger charge is 2.14. The second-order valence-corrected chi connectivity index (χ2v) is 4.07. The number of nitrogens with zero attached hydrogens (tertiary/aromatic N) is 3. The normalized spacial score (nSPS) is 12.6. The molecule has 0 spiro atoms. The fraction of sp³-hybridized carbons (Fsp3) is 0.385. The lowest BCUT2D eigenvalue weighted by molar-refractivity contribution is 0.506. The van der Waals surface area contributed by atoms with Gasteiger partial charge in [0.2, 0.25) is 0 Å². The maximum atomic E-state index is 4.42. The summed E-state index contributed by atoms with van der Waals surface area (Å²) in [7, 11) is 2.03. The molecule has 17 heavy (non-hydrogen) atoms. The van der Waals surface area contributed by atoms with Crippen molar-refractivity contribution < 1.29 is 0 Å². The van der Waals surface area contributed by atoms with E-state index in [0.29, 0.717) is 0 Å². The smallest absolute Gasteiger partial charge is 0.125 e. The van der Waals surface area contributed by atoms with Gasteiger partial charge in [-0.25, -0.2) is 4.98 Å². The molecule has 1 unspecified atom stereocenters. The van der Waals surface area contributed by atoms with Crippen LogP contribution in [0, 0.1) is 0 Å². The van der Waals surface area contributed by atoms with Crippen LogP contribution in [-0.2, 0) is 13.5 Å². The highest BCUT2D eigenvalue weighted by atomic mass is 15.1. The second kappa shape index (κ2) is 5.59. The monoisotopic (exact) mass is 230 g/mol. The van der Waals surface area contributed by atoms with Crippen molar-refractivity contribution in [3.05, 3.63) is 48.3 Å². The first kappa shape index (κ1) is 11.8. The number of hydrogen-bond acceptors (Lipinski definition) is 3. The molecule has 2 aromatic rings. The van der Waals surface area contributed by atoms with E-state index in [-0.39, 0.29) is 6.04 Å². The summed E-state index contributed by atoms with van der Waals surface area (Å²) in [5, 5.41) is 3.47. The Balaban J connectivity index is 2.16. The molecule has 0 aliphatic rings. The molecule has 2 aromatic heterocycles. The van der Waals surface area contributed by atoms with Gasteiger partial charge in [0.15, 0.2) is 0 Å². The van der Waals surface area contributed by atoms with Crippen LogP contribution in [0.15, 0.2) is 36.9 Å². The van der Waals surface area contributed by atoms with Crippen molar-refractivity contribution >= 4 is 0 Å². The van der Waals surface area contributed by atoms with Crippen LogP contribution in [0.4, 0.5) is 0 Å². The molecule has 90 valence electrons. The Kier molecular flexibility index (Phi) is 3.88. The van der Waals surface area contributed by atoms with Crippen molar-refractivity contribution in [2.24, 2.45) is 7.05 Å². The Hall–Kier alpha value is -1.68. The molecular weight excluding hydrogens is 212 g/mol. The van der Waals surface area contributed by atoms with E-state index >= 15 is 0 Å². The summed E-state index contributed by atoms with van der Waals surface area (Å²) in [5.41, 5.74) is 1.27. The minimum absolute atomic E-state index is 0.252. The van der Waals surface area contributed by atoms with Crippen LogP contribution in [0.25, 0.3) is 0 Å². The predicted octanol–water partition coefficient (Wildman–Crippen LogP) is 1.71. The number of imidazole rings is 1. The number of pyridine rings is 1. The van der Waals surface area contributed by atoms with E-state index in [2.05, 4.69) is 26.8 Å². The largest absolute Gasteiger partial charge is 0.337 e. The van der Waals surface area contributed by atoms with Crippen LogP contribution in [0.1, 0.15) is 24.4 Å². The van der Waals surface area contributed by atoms with Gasteiger partial charge in [-0.15, -0.1) is 0 Å². The summed E-state index contributed by atoms with van der Waals surface area (Å²) in [6.45, 7) is 3.05. The summed E-state index contributed by atoms with van der Waals surface area (Å²) in [4.78, 5) is 8.45. The van der Waals surface area contributed by atoms with Gasteiger partial charge >= 0.3 is 0 Å². The molecule has 1 atom stereocenters. The first-order chi connectivity index (χ1) is 8.31. The van der Waals surface area contributed by atoms with E-state index in [1.54, 1.807) is 0 Å². The zero-order valence-corrected chi connectivity index (χ0v) is 10.3. The van der Waals surface area contributed by atoms with Crippen molar-refractivity contribution in [3.63, 3.8) is 0 Å². The molecule has 2 rings (SSSR count). The predicted molar refractivity (Wildman–Crippen MR) is 67.6 cm³/mol. The van der Waals surface area contributed by atoms with Gasteiger partial charge < -0.3 is 9.88 Å². The van der Waals surface area contributed by atoms with Crippen molar-refractivity contribution in [2.75, 3.05) is 6.54 Å². The summed E-state index contributed by atoms with van der Waals surface area (Å²) >= 11 is 0. The van der Waals surface area contributed by atoms with Crippen LogP contribution < -0.4 is 5.32 Å². The van der Waals surface area contributed by atoms with Crippen LogP contribution in [0.2, 0.25) is 0 Å². The molecule has 0 aromatic carbocycles. The number of aromatic nitrogens is 3. The molecule has 0 bridgehead atoms. The Bertz CT molecular complexity index is 449. The fourth-order valence-electron chi connectivity index (χ4n) is 1.97. The van der Waals surface area contributed by atoms with Crippen molar-refractivity contribution in [1.29, 1.82) is 0 Å².